The lowest BCUT2D eigenvalue weighted by atomic mass is 10.1. The molecule has 1 aliphatic carbocycles. The van der Waals surface area contributed by atoms with Crippen molar-refractivity contribution in [2.45, 2.75) is 51.5 Å². The summed E-state index contributed by atoms with van der Waals surface area (Å²) in [4.78, 5) is 43.7. The summed E-state index contributed by atoms with van der Waals surface area (Å²) in [6.45, 7) is 2.29. The molecule has 0 unspecified atom stereocenters. The van der Waals surface area contributed by atoms with Crippen molar-refractivity contribution >= 4 is 45.0 Å². The Morgan fingerprint density at radius 2 is 1.87 bits per heavy atom. The van der Waals surface area contributed by atoms with E-state index in [1.165, 1.54) is 4.57 Å². The van der Waals surface area contributed by atoms with Crippen LogP contribution < -0.4 is 21.5 Å². The zero-order chi connectivity index (χ0) is 32.8. The van der Waals surface area contributed by atoms with Crippen LogP contribution in [0.2, 0.25) is 5.02 Å². The van der Waals surface area contributed by atoms with E-state index in [2.05, 4.69) is 26.3 Å². The molecule has 2 aliphatic rings. The molecule has 47 heavy (non-hydrogen) atoms. The zero-order valence-electron chi connectivity index (χ0n) is 25.4. The second-order valence-corrected chi connectivity index (χ2v) is 13.0. The van der Waals surface area contributed by atoms with Gasteiger partial charge in [0.25, 0.3) is 11.8 Å². The monoisotopic (exact) mass is 715 g/mol. The van der Waals surface area contributed by atoms with Crippen molar-refractivity contribution < 1.29 is 14.3 Å². The van der Waals surface area contributed by atoms with Crippen molar-refractivity contribution in [3.8, 4) is 17.1 Å². The number of ether oxygens (including phenoxy) is 1. The van der Waals surface area contributed by atoms with Crippen LogP contribution in [0.3, 0.4) is 0 Å². The highest BCUT2D eigenvalue weighted by Gasteiger charge is 2.35. The van der Waals surface area contributed by atoms with Gasteiger partial charge in [-0.15, -0.1) is 0 Å². The number of hydrogen-bond acceptors (Lipinski definition) is 6. The zero-order valence-corrected chi connectivity index (χ0v) is 27.7. The third kappa shape index (κ3) is 6.06. The Kier molecular flexibility index (Phi) is 8.15. The van der Waals surface area contributed by atoms with Gasteiger partial charge in [0.1, 0.15) is 11.4 Å². The van der Waals surface area contributed by atoms with Crippen LogP contribution in [0.15, 0.2) is 88.4 Å². The summed E-state index contributed by atoms with van der Waals surface area (Å²) in [5.74, 6) is -0.00928. The molecule has 1 atom stereocenters. The number of nitrogens with two attached hydrogens (primary N) is 1. The Labute approximate surface area is 283 Å². The number of carbonyl (C=O) groups excluding carboxylic acids is 2. The van der Waals surface area contributed by atoms with Crippen LogP contribution in [0.5, 0.6) is 5.75 Å². The average Bonchev–Trinajstić information content (AvgIpc) is 3.71. The lowest BCUT2D eigenvalue weighted by Crippen LogP contribution is -2.47. The van der Waals surface area contributed by atoms with Crippen LogP contribution in [0.1, 0.15) is 51.9 Å². The molecule has 5 aromatic rings. The number of fused-ring (bicyclic) bond motifs is 1. The molecule has 3 heterocycles. The van der Waals surface area contributed by atoms with Crippen molar-refractivity contribution in [3.63, 3.8) is 0 Å². The number of nitrogen functional groups attached to an aromatic ring is 1. The van der Waals surface area contributed by atoms with Gasteiger partial charge in [-0.2, -0.15) is 5.10 Å². The SMILES string of the molecule is C[C@H]1Cn2c(c(C(=O)NCc3ccccc3-n3cc(N)cn3)n(-c3ccc(OC4CC4)cc3)c2=O)CN1C(=O)c1ccc(Br)c(Cl)c1. The summed E-state index contributed by atoms with van der Waals surface area (Å²) in [6.07, 6.45) is 5.52. The van der Waals surface area contributed by atoms with Gasteiger partial charge in [0.15, 0.2) is 0 Å². The molecule has 0 spiro atoms. The molecule has 11 nitrogen and oxygen atoms in total. The molecule has 0 radical (unpaired) electrons. The van der Waals surface area contributed by atoms with Gasteiger partial charge in [0.2, 0.25) is 0 Å². The van der Waals surface area contributed by atoms with E-state index < -0.39 is 5.91 Å². The van der Waals surface area contributed by atoms with Crippen molar-refractivity contribution in [2.24, 2.45) is 0 Å². The molecule has 0 saturated heterocycles. The van der Waals surface area contributed by atoms with Gasteiger partial charge >= 0.3 is 5.69 Å². The maximum absolute atomic E-state index is 14.2. The standard InChI is InChI=1S/C34H31BrClN7O4/c1-20-17-41-30(19-40(20)33(45)21-6-13-27(35)28(36)14-21)31(43(34(41)46)24-7-9-25(10-8-24)47-26-11-12-26)32(44)38-15-22-4-2-3-5-29(22)42-18-23(37)16-39-42/h2-10,13-14,16,18,20,26H,11-12,15,17,19,37H2,1H3,(H,38,44)/t20-/m0/s1. The Balaban J connectivity index is 1.26. The molecule has 2 amide bonds. The fourth-order valence-electron chi connectivity index (χ4n) is 5.82. The van der Waals surface area contributed by atoms with Crippen LogP contribution in [-0.2, 0) is 19.6 Å². The molecule has 13 heteroatoms. The maximum Gasteiger partial charge on any atom is 0.333 e. The fraction of sp³-hybridized carbons (Fsp3) is 0.235. The second kappa shape index (κ2) is 12.4. The number of benzene rings is 3. The van der Waals surface area contributed by atoms with E-state index in [4.69, 9.17) is 22.1 Å². The minimum absolute atomic E-state index is 0.0463. The molecule has 7 rings (SSSR count). The number of aromatic nitrogens is 4. The molecule has 1 fully saturated rings. The molecule has 0 bridgehead atoms. The summed E-state index contributed by atoms with van der Waals surface area (Å²) in [5, 5.41) is 7.74. The van der Waals surface area contributed by atoms with Gasteiger partial charge in [-0.3, -0.25) is 18.7 Å². The summed E-state index contributed by atoms with van der Waals surface area (Å²) in [5.41, 5.74) is 9.13. The lowest BCUT2D eigenvalue weighted by molar-refractivity contribution is 0.0610. The first kappa shape index (κ1) is 30.8. The van der Waals surface area contributed by atoms with E-state index in [1.807, 2.05) is 31.2 Å². The topological polar surface area (TPSA) is 129 Å². The first-order valence-electron chi connectivity index (χ1n) is 15.2. The minimum Gasteiger partial charge on any atom is -0.490 e. The fourth-order valence-corrected chi connectivity index (χ4v) is 6.25. The van der Waals surface area contributed by atoms with Crippen molar-refractivity contribution in [2.75, 3.05) is 5.73 Å². The normalized spacial score (nSPS) is 15.7. The number of hydrogen-bond donors (Lipinski definition) is 2. The number of nitrogens with one attached hydrogen (secondary N) is 1. The molecule has 3 aromatic carbocycles. The van der Waals surface area contributed by atoms with Gasteiger partial charge in [0.05, 0.1) is 52.8 Å². The van der Waals surface area contributed by atoms with E-state index in [0.29, 0.717) is 37.9 Å². The van der Waals surface area contributed by atoms with Crippen molar-refractivity contribution in [3.05, 3.63) is 122 Å². The second-order valence-electron chi connectivity index (χ2n) is 11.8. The quantitative estimate of drug-likeness (QED) is 0.223. The van der Waals surface area contributed by atoms with Crippen LogP contribution >= 0.6 is 27.5 Å². The average molecular weight is 717 g/mol. The van der Waals surface area contributed by atoms with E-state index in [0.717, 1.165) is 24.1 Å². The number of imidazole rings is 1. The number of halogens is 2. The number of para-hydroxylation sites is 1. The highest BCUT2D eigenvalue weighted by molar-refractivity contribution is 9.10. The summed E-state index contributed by atoms with van der Waals surface area (Å²) in [7, 11) is 0. The van der Waals surface area contributed by atoms with Crippen molar-refractivity contribution in [1.29, 1.82) is 0 Å². The highest BCUT2D eigenvalue weighted by atomic mass is 79.9. The van der Waals surface area contributed by atoms with Gasteiger partial charge in [-0.25, -0.2) is 9.48 Å². The van der Waals surface area contributed by atoms with Crippen LogP contribution in [-0.4, -0.2) is 47.8 Å². The number of rotatable bonds is 8. The third-order valence-electron chi connectivity index (χ3n) is 8.39. The van der Waals surface area contributed by atoms with E-state index >= 15 is 0 Å². The predicted octanol–water partition coefficient (Wildman–Crippen LogP) is 5.34. The van der Waals surface area contributed by atoms with Crippen LogP contribution in [0.4, 0.5) is 5.69 Å². The Morgan fingerprint density at radius 1 is 1.11 bits per heavy atom. The van der Waals surface area contributed by atoms with Gasteiger partial charge in [-0.05, 0) is 89.8 Å². The number of nitrogens with zero attached hydrogens (tertiary/aromatic N) is 5. The van der Waals surface area contributed by atoms with Crippen LogP contribution in [0.25, 0.3) is 11.4 Å². The van der Waals surface area contributed by atoms with Crippen LogP contribution in [0, 0.1) is 0 Å². The number of anilines is 1. The smallest absolute Gasteiger partial charge is 0.333 e. The highest BCUT2D eigenvalue weighted by Crippen LogP contribution is 2.30. The molecular weight excluding hydrogens is 686 g/mol. The summed E-state index contributed by atoms with van der Waals surface area (Å²) < 4.78 is 11.3. The van der Waals surface area contributed by atoms with E-state index in [-0.39, 0.29) is 49.1 Å². The van der Waals surface area contributed by atoms with Gasteiger partial charge in [-0.1, -0.05) is 29.8 Å². The Morgan fingerprint density at radius 3 is 2.57 bits per heavy atom. The lowest BCUT2D eigenvalue weighted by Gasteiger charge is -2.34. The third-order valence-corrected chi connectivity index (χ3v) is 9.62. The maximum atomic E-state index is 14.2. The molecule has 2 aromatic heterocycles. The minimum atomic E-state index is -0.461. The van der Waals surface area contributed by atoms with Gasteiger partial charge < -0.3 is 20.7 Å². The molecule has 3 N–H and O–H groups in total. The summed E-state index contributed by atoms with van der Waals surface area (Å²) in [6, 6.07) is 19.4. The summed E-state index contributed by atoms with van der Waals surface area (Å²) >= 11 is 9.69. The molecule has 240 valence electrons. The molecule has 1 saturated carbocycles. The predicted molar refractivity (Wildman–Crippen MR) is 181 cm³/mol. The largest absolute Gasteiger partial charge is 0.490 e. The first-order valence-corrected chi connectivity index (χ1v) is 16.4. The first-order chi connectivity index (χ1) is 22.7. The van der Waals surface area contributed by atoms with E-state index in [9.17, 15) is 14.4 Å². The molecule has 1 aliphatic heterocycles. The van der Waals surface area contributed by atoms with Gasteiger partial charge in [0, 0.05) is 29.2 Å². The Bertz CT molecular complexity index is 2070. The molecular formula is C34H31BrClN7O4. The number of amides is 2. The van der Waals surface area contributed by atoms with Crippen molar-refractivity contribution in [1.82, 2.24) is 29.1 Å². The van der Waals surface area contributed by atoms with E-state index in [1.54, 1.807) is 69.0 Å². The number of carbonyl (C=O) groups is 2. The Hall–Kier alpha value is -4.81.